The Labute approximate surface area is 103 Å². The molecule has 18 heavy (non-hydrogen) atoms. The molecule has 0 aromatic heterocycles. The minimum atomic E-state index is -4.31. The molecule has 0 amide bonds. The lowest BCUT2D eigenvalue weighted by atomic mass is 10.1. The second-order valence-corrected chi connectivity index (χ2v) is 3.60. The van der Waals surface area contributed by atoms with Crippen LogP contribution in [0, 0.1) is 0 Å². The highest BCUT2D eigenvalue weighted by Gasteiger charge is 2.26. The number of Topliss-reactive ketones (excluding diaryl/α,β-unsaturated/α-hetero) is 1. The van der Waals surface area contributed by atoms with Crippen LogP contribution in [0.2, 0.25) is 0 Å². The first-order valence-corrected chi connectivity index (χ1v) is 5.46. The SMILES string of the molecule is CCOc1cccc(C(=O)CNCC(F)(F)F)c1. The third-order valence-electron chi connectivity index (χ3n) is 2.08. The maximum atomic E-state index is 11.9. The number of alkyl halides is 3. The number of rotatable bonds is 6. The Morgan fingerprint density at radius 2 is 2.11 bits per heavy atom. The number of benzene rings is 1. The summed E-state index contributed by atoms with van der Waals surface area (Å²) in [6, 6.07) is 6.37. The molecule has 0 aliphatic rings. The standard InChI is InChI=1S/C12H14F3NO2/c1-2-18-10-5-3-4-9(6-10)11(17)7-16-8-12(13,14)15/h3-6,16H,2,7-8H2,1H3. The lowest BCUT2D eigenvalue weighted by Gasteiger charge is -2.08. The molecule has 0 aliphatic heterocycles. The van der Waals surface area contributed by atoms with Crippen molar-refractivity contribution in [2.45, 2.75) is 13.1 Å². The molecule has 3 nitrogen and oxygen atoms in total. The van der Waals surface area contributed by atoms with Crippen LogP contribution in [0.1, 0.15) is 17.3 Å². The van der Waals surface area contributed by atoms with Gasteiger partial charge in [-0.1, -0.05) is 12.1 Å². The van der Waals surface area contributed by atoms with E-state index in [9.17, 15) is 18.0 Å². The zero-order valence-corrected chi connectivity index (χ0v) is 9.88. The van der Waals surface area contributed by atoms with Crippen molar-refractivity contribution < 1.29 is 22.7 Å². The van der Waals surface area contributed by atoms with Gasteiger partial charge in [-0.3, -0.25) is 4.79 Å². The van der Waals surface area contributed by atoms with Crippen LogP contribution < -0.4 is 10.1 Å². The van der Waals surface area contributed by atoms with Gasteiger partial charge in [-0.2, -0.15) is 13.2 Å². The topological polar surface area (TPSA) is 38.3 Å². The normalized spacial score (nSPS) is 11.3. The van der Waals surface area contributed by atoms with Gasteiger partial charge in [0.05, 0.1) is 19.7 Å². The molecule has 6 heteroatoms. The molecule has 0 spiro atoms. The number of hydrogen-bond acceptors (Lipinski definition) is 3. The van der Waals surface area contributed by atoms with E-state index >= 15 is 0 Å². The minimum absolute atomic E-state index is 0.329. The number of halogens is 3. The predicted molar refractivity (Wildman–Crippen MR) is 60.9 cm³/mol. The highest BCUT2D eigenvalue weighted by Crippen LogP contribution is 2.14. The molecule has 0 fully saturated rings. The fourth-order valence-electron chi connectivity index (χ4n) is 1.35. The van der Waals surface area contributed by atoms with Gasteiger partial charge in [-0.05, 0) is 19.1 Å². The molecule has 0 radical (unpaired) electrons. The van der Waals surface area contributed by atoms with E-state index in [1.54, 1.807) is 25.1 Å². The Kier molecular flexibility index (Phi) is 5.15. The monoisotopic (exact) mass is 261 g/mol. The molecule has 1 rings (SSSR count). The molecule has 1 aromatic carbocycles. The predicted octanol–water partition coefficient (Wildman–Crippen LogP) is 2.42. The molecule has 0 unspecified atom stereocenters. The van der Waals surface area contributed by atoms with Gasteiger partial charge >= 0.3 is 6.18 Å². The van der Waals surface area contributed by atoms with Crippen LogP contribution in [0.4, 0.5) is 13.2 Å². The van der Waals surface area contributed by atoms with Crippen molar-refractivity contribution in [3.63, 3.8) is 0 Å². The van der Waals surface area contributed by atoms with Gasteiger partial charge in [0, 0.05) is 5.56 Å². The number of ketones is 1. The second kappa shape index (κ2) is 6.39. The minimum Gasteiger partial charge on any atom is -0.494 e. The Morgan fingerprint density at radius 3 is 2.72 bits per heavy atom. The maximum absolute atomic E-state index is 11.9. The van der Waals surface area contributed by atoms with Gasteiger partial charge in [0.25, 0.3) is 0 Å². The van der Waals surface area contributed by atoms with E-state index in [0.29, 0.717) is 17.9 Å². The maximum Gasteiger partial charge on any atom is 0.401 e. The summed E-state index contributed by atoms with van der Waals surface area (Å²) in [6.45, 7) is 0.738. The van der Waals surface area contributed by atoms with Gasteiger partial charge in [-0.15, -0.1) is 0 Å². The number of ether oxygens (including phenoxy) is 1. The number of carbonyl (C=O) groups excluding carboxylic acids is 1. The van der Waals surface area contributed by atoms with Gasteiger partial charge in [-0.25, -0.2) is 0 Å². The molecule has 0 bridgehead atoms. The fraction of sp³-hybridized carbons (Fsp3) is 0.417. The molecule has 1 N–H and O–H groups in total. The Bertz CT molecular complexity index is 405. The van der Waals surface area contributed by atoms with E-state index in [4.69, 9.17) is 4.74 Å². The van der Waals surface area contributed by atoms with Crippen molar-refractivity contribution >= 4 is 5.78 Å². The van der Waals surface area contributed by atoms with Gasteiger partial charge in [0.15, 0.2) is 5.78 Å². The Balaban J connectivity index is 2.53. The van der Waals surface area contributed by atoms with E-state index in [2.05, 4.69) is 5.32 Å². The zero-order valence-electron chi connectivity index (χ0n) is 9.88. The molecule has 0 heterocycles. The first-order chi connectivity index (χ1) is 8.42. The van der Waals surface area contributed by atoms with E-state index in [-0.39, 0.29) is 6.54 Å². The molecule has 100 valence electrons. The zero-order chi connectivity index (χ0) is 13.6. The van der Waals surface area contributed by atoms with Crippen LogP contribution in [0.25, 0.3) is 0 Å². The third-order valence-corrected chi connectivity index (χ3v) is 2.08. The first-order valence-electron chi connectivity index (χ1n) is 5.46. The summed E-state index contributed by atoms with van der Waals surface area (Å²) in [5.74, 6) is 0.125. The van der Waals surface area contributed by atoms with Crippen molar-refractivity contribution in [1.29, 1.82) is 0 Å². The van der Waals surface area contributed by atoms with E-state index in [0.717, 1.165) is 0 Å². The summed E-state index contributed by atoms with van der Waals surface area (Å²) in [5, 5.41) is 2.06. The lowest BCUT2D eigenvalue weighted by Crippen LogP contribution is -2.32. The lowest BCUT2D eigenvalue weighted by molar-refractivity contribution is -0.124. The Hall–Kier alpha value is -1.56. The molecule has 0 aliphatic carbocycles. The quantitative estimate of drug-likeness (QED) is 0.799. The van der Waals surface area contributed by atoms with Crippen molar-refractivity contribution in [2.75, 3.05) is 19.7 Å². The number of carbonyl (C=O) groups is 1. The van der Waals surface area contributed by atoms with E-state index < -0.39 is 18.5 Å². The van der Waals surface area contributed by atoms with E-state index in [1.165, 1.54) is 6.07 Å². The summed E-state index contributed by atoms with van der Waals surface area (Å²) in [6.07, 6.45) is -4.31. The summed E-state index contributed by atoms with van der Waals surface area (Å²) in [7, 11) is 0. The molecule has 0 atom stereocenters. The van der Waals surface area contributed by atoms with Crippen molar-refractivity contribution in [2.24, 2.45) is 0 Å². The molecular formula is C12H14F3NO2. The van der Waals surface area contributed by atoms with Crippen molar-refractivity contribution in [3.8, 4) is 5.75 Å². The summed E-state index contributed by atoms with van der Waals surface area (Å²) in [5.41, 5.74) is 0.329. The van der Waals surface area contributed by atoms with Crippen LogP contribution >= 0.6 is 0 Å². The third kappa shape index (κ3) is 5.18. The second-order valence-electron chi connectivity index (χ2n) is 3.60. The smallest absolute Gasteiger partial charge is 0.401 e. The molecular weight excluding hydrogens is 247 g/mol. The highest BCUT2D eigenvalue weighted by molar-refractivity contribution is 5.97. The fourth-order valence-corrected chi connectivity index (χ4v) is 1.35. The Morgan fingerprint density at radius 1 is 1.39 bits per heavy atom. The van der Waals surface area contributed by atoms with Gasteiger partial charge in [0.2, 0.25) is 0 Å². The average Bonchev–Trinajstić information content (AvgIpc) is 2.28. The van der Waals surface area contributed by atoms with Crippen LogP contribution in [0.15, 0.2) is 24.3 Å². The highest BCUT2D eigenvalue weighted by atomic mass is 19.4. The summed E-state index contributed by atoms with van der Waals surface area (Å²) >= 11 is 0. The van der Waals surface area contributed by atoms with Gasteiger partial charge in [0.1, 0.15) is 5.75 Å². The summed E-state index contributed by atoms with van der Waals surface area (Å²) in [4.78, 5) is 11.6. The largest absolute Gasteiger partial charge is 0.494 e. The van der Waals surface area contributed by atoms with Crippen molar-refractivity contribution in [1.82, 2.24) is 5.32 Å². The van der Waals surface area contributed by atoms with Crippen molar-refractivity contribution in [3.05, 3.63) is 29.8 Å². The first kappa shape index (κ1) is 14.5. The van der Waals surface area contributed by atoms with Crippen LogP contribution in [-0.4, -0.2) is 31.7 Å². The van der Waals surface area contributed by atoms with Gasteiger partial charge < -0.3 is 10.1 Å². The van der Waals surface area contributed by atoms with Crippen LogP contribution in [0.3, 0.4) is 0 Å². The molecule has 0 saturated carbocycles. The summed E-state index contributed by atoms with van der Waals surface area (Å²) < 4.78 is 40.8. The molecule has 1 aromatic rings. The van der Waals surface area contributed by atoms with Crippen LogP contribution in [0.5, 0.6) is 5.75 Å². The number of nitrogens with one attached hydrogen (secondary N) is 1. The average molecular weight is 261 g/mol. The molecule has 0 saturated heterocycles. The van der Waals surface area contributed by atoms with Crippen LogP contribution in [-0.2, 0) is 0 Å². The van der Waals surface area contributed by atoms with E-state index in [1.807, 2.05) is 0 Å². The number of hydrogen-bond donors (Lipinski definition) is 1.